The summed E-state index contributed by atoms with van der Waals surface area (Å²) in [5.74, 6) is 2.17. The van der Waals surface area contributed by atoms with Crippen molar-refractivity contribution in [2.24, 2.45) is 22.2 Å². The molecule has 1 fully saturated rings. The Bertz CT molecular complexity index is 571. The van der Waals surface area contributed by atoms with Crippen LogP contribution in [0.2, 0.25) is 0 Å². The van der Waals surface area contributed by atoms with E-state index in [9.17, 15) is 0 Å². The van der Waals surface area contributed by atoms with Gasteiger partial charge >= 0.3 is 0 Å². The summed E-state index contributed by atoms with van der Waals surface area (Å²) in [4.78, 5) is 4.22. The van der Waals surface area contributed by atoms with Crippen LogP contribution in [0, 0.1) is 22.2 Å². The van der Waals surface area contributed by atoms with Gasteiger partial charge in [0.25, 0.3) is 0 Å². The van der Waals surface area contributed by atoms with Gasteiger partial charge in [-0.2, -0.15) is 0 Å². The maximum Gasteiger partial charge on any atom is 0.104 e. The van der Waals surface area contributed by atoms with Crippen molar-refractivity contribution in [3.05, 3.63) is 40.7 Å². The first kappa shape index (κ1) is 24.9. The number of thiazole rings is 1. The standard InChI is InChI=1S/C9H14O.C8H13NS.C8H16/c1-9(2,3)7-8-5-4-6-10-8;1-8(2,3)6-7-9-4-5-10-7;1-8(2,3)6-7-4-5-7/h4-6H,7H2,1-3H3;4-5H,6H2,1-3H3;7H,4-6H2,1-3H3. The smallest absolute Gasteiger partial charge is 0.104 e. The van der Waals surface area contributed by atoms with E-state index < -0.39 is 0 Å². The summed E-state index contributed by atoms with van der Waals surface area (Å²) in [5, 5.41) is 3.27. The molecule has 2 aromatic heterocycles. The molecule has 0 spiro atoms. The third-order valence-electron chi connectivity index (χ3n) is 4.05. The highest BCUT2D eigenvalue weighted by atomic mass is 32.1. The molecule has 28 heavy (non-hydrogen) atoms. The zero-order chi connectivity index (χ0) is 21.4. The number of hydrogen-bond acceptors (Lipinski definition) is 3. The molecule has 2 nitrogen and oxygen atoms in total. The number of furan rings is 1. The van der Waals surface area contributed by atoms with Crippen molar-refractivity contribution >= 4 is 11.3 Å². The van der Waals surface area contributed by atoms with Crippen molar-refractivity contribution in [1.82, 2.24) is 4.98 Å². The van der Waals surface area contributed by atoms with E-state index >= 15 is 0 Å². The Kier molecular flexibility index (Phi) is 9.46. The quantitative estimate of drug-likeness (QED) is 0.512. The molecule has 0 amide bonds. The Morgan fingerprint density at radius 2 is 1.54 bits per heavy atom. The van der Waals surface area contributed by atoms with Crippen LogP contribution in [0.5, 0.6) is 0 Å². The van der Waals surface area contributed by atoms with Gasteiger partial charge in [-0.25, -0.2) is 4.98 Å². The minimum atomic E-state index is 0.331. The van der Waals surface area contributed by atoms with Gasteiger partial charge in [-0.15, -0.1) is 11.3 Å². The lowest BCUT2D eigenvalue weighted by Gasteiger charge is -2.16. The van der Waals surface area contributed by atoms with Gasteiger partial charge in [0.15, 0.2) is 0 Å². The highest BCUT2D eigenvalue weighted by Crippen LogP contribution is 2.39. The molecule has 2 aromatic rings. The molecule has 1 aliphatic rings. The lowest BCUT2D eigenvalue weighted by molar-refractivity contribution is 0.354. The van der Waals surface area contributed by atoms with E-state index in [1.807, 2.05) is 23.7 Å². The molecule has 0 saturated heterocycles. The van der Waals surface area contributed by atoms with E-state index in [1.54, 1.807) is 17.6 Å². The van der Waals surface area contributed by atoms with Crippen LogP contribution in [0.3, 0.4) is 0 Å². The molecule has 0 bridgehead atoms. The van der Waals surface area contributed by atoms with Crippen molar-refractivity contribution in [2.45, 2.75) is 94.4 Å². The number of hydrogen-bond donors (Lipinski definition) is 0. The number of nitrogens with zero attached hydrogens (tertiary/aromatic N) is 1. The third kappa shape index (κ3) is 14.9. The van der Waals surface area contributed by atoms with Gasteiger partial charge < -0.3 is 4.42 Å². The van der Waals surface area contributed by atoms with Crippen LogP contribution >= 0.6 is 11.3 Å². The monoisotopic (exact) mass is 405 g/mol. The van der Waals surface area contributed by atoms with Crippen molar-refractivity contribution in [2.75, 3.05) is 0 Å². The molecule has 3 heteroatoms. The summed E-state index contributed by atoms with van der Waals surface area (Å²) in [6.45, 7) is 20.3. The van der Waals surface area contributed by atoms with Crippen molar-refractivity contribution in [1.29, 1.82) is 0 Å². The van der Waals surface area contributed by atoms with E-state index in [0.717, 1.165) is 24.5 Å². The molecule has 0 N–H and O–H groups in total. The summed E-state index contributed by atoms with van der Waals surface area (Å²) in [7, 11) is 0. The molecule has 1 aliphatic carbocycles. The molecule has 160 valence electrons. The second-order valence-electron chi connectivity index (χ2n) is 11.7. The summed E-state index contributed by atoms with van der Waals surface area (Å²) >= 11 is 1.74. The van der Waals surface area contributed by atoms with E-state index in [-0.39, 0.29) is 0 Å². The van der Waals surface area contributed by atoms with Gasteiger partial charge in [-0.05, 0) is 40.7 Å². The van der Waals surface area contributed by atoms with Gasteiger partial charge in [0.2, 0.25) is 0 Å². The second-order valence-corrected chi connectivity index (χ2v) is 12.7. The van der Waals surface area contributed by atoms with Gasteiger partial charge in [0.1, 0.15) is 5.76 Å². The minimum absolute atomic E-state index is 0.331. The molecule has 0 aromatic carbocycles. The van der Waals surface area contributed by atoms with Crippen LogP contribution in [0.1, 0.15) is 92.3 Å². The molecule has 3 rings (SSSR count). The molecule has 0 radical (unpaired) electrons. The van der Waals surface area contributed by atoms with Crippen LogP contribution in [-0.4, -0.2) is 4.98 Å². The zero-order valence-corrected chi connectivity index (χ0v) is 20.6. The fourth-order valence-corrected chi connectivity index (χ4v) is 3.83. The summed E-state index contributed by atoms with van der Waals surface area (Å²) in [6, 6.07) is 3.95. The largest absolute Gasteiger partial charge is 0.469 e. The molecule has 1 saturated carbocycles. The van der Waals surface area contributed by atoms with Gasteiger partial charge in [-0.1, -0.05) is 75.2 Å². The lowest BCUT2D eigenvalue weighted by Crippen LogP contribution is -2.08. The Morgan fingerprint density at radius 1 is 0.929 bits per heavy atom. The first-order chi connectivity index (χ1) is 12.7. The Labute approximate surface area is 178 Å². The molecular weight excluding hydrogens is 362 g/mol. The molecule has 0 unspecified atom stereocenters. The average Bonchev–Trinajstić information content (AvgIpc) is 2.95. The Hall–Kier alpha value is -1.09. The molecular formula is C25H43NOS. The summed E-state index contributed by atoms with van der Waals surface area (Å²) < 4.78 is 5.21. The predicted molar refractivity (Wildman–Crippen MR) is 124 cm³/mol. The predicted octanol–water partition coefficient (Wildman–Crippen LogP) is 8.43. The normalized spacial score (nSPS) is 14.6. The minimum Gasteiger partial charge on any atom is -0.469 e. The van der Waals surface area contributed by atoms with Crippen LogP contribution < -0.4 is 0 Å². The highest BCUT2D eigenvalue weighted by Gasteiger charge is 2.26. The van der Waals surface area contributed by atoms with Crippen LogP contribution in [0.15, 0.2) is 34.4 Å². The molecule has 2 heterocycles. The van der Waals surface area contributed by atoms with Crippen molar-refractivity contribution in [3.8, 4) is 0 Å². The van der Waals surface area contributed by atoms with Crippen LogP contribution in [0.25, 0.3) is 0 Å². The maximum atomic E-state index is 5.21. The molecule has 0 aliphatic heterocycles. The highest BCUT2D eigenvalue weighted by molar-refractivity contribution is 7.09. The van der Waals surface area contributed by atoms with Crippen molar-refractivity contribution in [3.63, 3.8) is 0 Å². The van der Waals surface area contributed by atoms with E-state index in [4.69, 9.17) is 4.42 Å². The number of rotatable bonds is 3. The maximum absolute atomic E-state index is 5.21. The second kappa shape index (κ2) is 10.6. The van der Waals surface area contributed by atoms with Crippen LogP contribution in [0.4, 0.5) is 0 Å². The average molecular weight is 406 g/mol. The van der Waals surface area contributed by atoms with Gasteiger partial charge in [0, 0.05) is 24.4 Å². The summed E-state index contributed by atoms with van der Waals surface area (Å²) in [5.41, 5.74) is 1.29. The van der Waals surface area contributed by atoms with E-state index in [1.165, 1.54) is 24.3 Å². The van der Waals surface area contributed by atoms with Gasteiger partial charge in [0.05, 0.1) is 11.3 Å². The fourth-order valence-electron chi connectivity index (χ4n) is 2.92. The Morgan fingerprint density at radius 3 is 1.86 bits per heavy atom. The first-order valence-corrected chi connectivity index (χ1v) is 11.5. The van der Waals surface area contributed by atoms with Gasteiger partial charge in [-0.3, -0.25) is 0 Å². The summed E-state index contributed by atoms with van der Waals surface area (Å²) in [6.07, 6.45) is 10.1. The van der Waals surface area contributed by atoms with Crippen molar-refractivity contribution < 1.29 is 4.42 Å². The van der Waals surface area contributed by atoms with Crippen LogP contribution in [-0.2, 0) is 12.8 Å². The number of aromatic nitrogens is 1. The lowest BCUT2D eigenvalue weighted by atomic mass is 9.90. The fraction of sp³-hybridized carbons (Fsp3) is 0.720. The Balaban J connectivity index is 0.000000212. The first-order valence-electron chi connectivity index (χ1n) is 10.6. The van der Waals surface area contributed by atoms with E-state index in [0.29, 0.717) is 16.2 Å². The topological polar surface area (TPSA) is 26.0 Å². The third-order valence-corrected chi connectivity index (χ3v) is 4.83. The van der Waals surface area contributed by atoms with E-state index in [2.05, 4.69) is 67.3 Å². The SMILES string of the molecule is CC(C)(C)CC1CC1.CC(C)(C)Cc1ccco1.CC(C)(C)Cc1nccs1. The molecule has 0 atom stereocenters. The zero-order valence-electron chi connectivity index (χ0n) is 19.8.